The van der Waals surface area contributed by atoms with E-state index in [0.29, 0.717) is 6.54 Å². The molecule has 5 nitrogen and oxygen atoms in total. The average molecular weight is 270 g/mol. The van der Waals surface area contributed by atoms with Gasteiger partial charge in [0.1, 0.15) is 6.04 Å². The maximum atomic E-state index is 12.0. The van der Waals surface area contributed by atoms with E-state index in [1.165, 1.54) is 6.92 Å². The predicted molar refractivity (Wildman–Crippen MR) is 70.6 cm³/mol. The van der Waals surface area contributed by atoms with Crippen molar-refractivity contribution in [2.24, 2.45) is 0 Å². The highest BCUT2D eigenvalue weighted by Gasteiger charge is 2.21. The Morgan fingerprint density at radius 2 is 2.11 bits per heavy atom. The van der Waals surface area contributed by atoms with Crippen LogP contribution in [0.5, 0.6) is 0 Å². The number of hydrogen-bond donors (Lipinski definition) is 2. The minimum Gasteiger partial charge on any atom is -0.480 e. The molecule has 18 heavy (non-hydrogen) atoms. The van der Waals surface area contributed by atoms with E-state index in [1.807, 2.05) is 31.4 Å². The molecule has 0 saturated carbocycles. The first kappa shape index (κ1) is 14.5. The number of carbonyl (C=O) groups is 2. The number of carboxylic acid groups (broad SMARTS) is 1. The van der Waals surface area contributed by atoms with Crippen LogP contribution in [-0.2, 0) is 11.3 Å². The molecule has 0 aliphatic rings. The Morgan fingerprint density at radius 3 is 2.56 bits per heavy atom. The van der Waals surface area contributed by atoms with Crippen molar-refractivity contribution in [3.05, 3.63) is 22.4 Å². The third kappa shape index (κ3) is 4.03. The number of nitrogens with one attached hydrogen (secondary N) is 1. The largest absolute Gasteiger partial charge is 0.480 e. The number of urea groups is 1. The number of carbonyl (C=O) groups excluding carboxylic acids is 1. The molecule has 0 aromatic carbocycles. The van der Waals surface area contributed by atoms with Gasteiger partial charge in [-0.25, -0.2) is 4.79 Å². The smallest absolute Gasteiger partial charge is 0.325 e. The number of carboxylic acids is 1. The zero-order valence-electron chi connectivity index (χ0n) is 10.7. The van der Waals surface area contributed by atoms with E-state index in [2.05, 4.69) is 5.32 Å². The van der Waals surface area contributed by atoms with Crippen molar-refractivity contribution >= 4 is 23.3 Å². The minimum atomic E-state index is -1.04. The van der Waals surface area contributed by atoms with Gasteiger partial charge in [-0.3, -0.25) is 4.79 Å². The molecule has 100 valence electrons. The average Bonchev–Trinajstić information content (AvgIpc) is 2.77. The van der Waals surface area contributed by atoms with Gasteiger partial charge in [0.15, 0.2) is 0 Å². The monoisotopic (exact) mass is 270 g/mol. The summed E-state index contributed by atoms with van der Waals surface area (Å²) in [6.45, 7) is 5.74. The molecule has 1 aromatic heterocycles. The van der Waals surface area contributed by atoms with Crippen LogP contribution in [0.1, 0.15) is 25.6 Å². The lowest BCUT2D eigenvalue weighted by molar-refractivity contribution is -0.138. The second-order valence-corrected chi connectivity index (χ2v) is 5.34. The molecular weight excluding hydrogens is 252 g/mol. The van der Waals surface area contributed by atoms with Gasteiger partial charge in [-0.05, 0) is 32.2 Å². The molecular formula is C12H18N2O3S. The highest BCUT2D eigenvalue weighted by Crippen LogP contribution is 2.14. The van der Waals surface area contributed by atoms with Crippen molar-refractivity contribution in [3.8, 4) is 0 Å². The molecule has 1 aromatic rings. The lowest BCUT2D eigenvalue weighted by atomic mass is 10.3. The zero-order chi connectivity index (χ0) is 13.7. The molecule has 0 bridgehead atoms. The number of thiophene rings is 1. The predicted octanol–water partition coefficient (Wildman–Crippen LogP) is 2.14. The minimum absolute atomic E-state index is 0.00750. The van der Waals surface area contributed by atoms with Crippen LogP contribution in [0.2, 0.25) is 0 Å². The number of aliphatic carboxylic acids is 1. The fourth-order valence-electron chi connectivity index (χ4n) is 1.39. The van der Waals surface area contributed by atoms with E-state index in [4.69, 9.17) is 5.11 Å². The summed E-state index contributed by atoms with van der Waals surface area (Å²) >= 11 is 1.57. The summed E-state index contributed by atoms with van der Waals surface area (Å²) in [4.78, 5) is 25.4. The molecule has 1 atom stereocenters. The second kappa shape index (κ2) is 6.39. The van der Waals surface area contributed by atoms with Crippen molar-refractivity contribution in [2.45, 2.75) is 39.4 Å². The highest BCUT2D eigenvalue weighted by atomic mass is 32.1. The summed E-state index contributed by atoms with van der Waals surface area (Å²) in [5.74, 6) is -1.04. The fourth-order valence-corrected chi connectivity index (χ4v) is 2.09. The van der Waals surface area contributed by atoms with E-state index in [1.54, 1.807) is 16.2 Å². The second-order valence-electron chi connectivity index (χ2n) is 4.31. The van der Waals surface area contributed by atoms with Crippen LogP contribution in [0.4, 0.5) is 4.79 Å². The summed E-state index contributed by atoms with van der Waals surface area (Å²) in [6.07, 6.45) is 0. The van der Waals surface area contributed by atoms with Crippen LogP contribution in [-0.4, -0.2) is 34.1 Å². The Balaban J connectivity index is 2.67. The third-order valence-electron chi connectivity index (χ3n) is 2.50. The van der Waals surface area contributed by atoms with E-state index >= 15 is 0 Å². The van der Waals surface area contributed by atoms with Crippen LogP contribution in [0.25, 0.3) is 0 Å². The molecule has 0 aliphatic heterocycles. The van der Waals surface area contributed by atoms with Gasteiger partial charge in [0.2, 0.25) is 0 Å². The van der Waals surface area contributed by atoms with Crippen LogP contribution < -0.4 is 5.32 Å². The molecule has 6 heteroatoms. The number of rotatable bonds is 5. The molecule has 1 rings (SSSR count). The first-order chi connectivity index (χ1) is 8.41. The summed E-state index contributed by atoms with van der Waals surface area (Å²) in [5.41, 5.74) is 0. The lowest BCUT2D eigenvalue weighted by Crippen LogP contribution is -2.48. The Labute approximate surface area is 110 Å². The van der Waals surface area contributed by atoms with Gasteiger partial charge in [0, 0.05) is 10.9 Å². The van der Waals surface area contributed by atoms with Gasteiger partial charge in [-0.2, -0.15) is 0 Å². The number of nitrogens with zero attached hydrogens (tertiary/aromatic N) is 1. The van der Waals surface area contributed by atoms with Crippen molar-refractivity contribution in [1.82, 2.24) is 10.2 Å². The van der Waals surface area contributed by atoms with Gasteiger partial charge in [0.05, 0.1) is 6.54 Å². The van der Waals surface area contributed by atoms with E-state index in [-0.39, 0.29) is 12.1 Å². The Morgan fingerprint density at radius 1 is 1.44 bits per heavy atom. The standard InChI is InChI=1S/C12H18N2O3S/c1-8(2)14(7-10-5-4-6-18-10)12(17)13-9(3)11(15)16/h4-6,8-9H,7H2,1-3H3,(H,13,17)(H,15,16). The Hall–Kier alpha value is -1.56. The van der Waals surface area contributed by atoms with Gasteiger partial charge >= 0.3 is 12.0 Å². The molecule has 1 heterocycles. The number of hydrogen-bond acceptors (Lipinski definition) is 3. The van der Waals surface area contributed by atoms with E-state index < -0.39 is 12.0 Å². The molecule has 0 spiro atoms. The van der Waals surface area contributed by atoms with Crippen molar-refractivity contribution in [1.29, 1.82) is 0 Å². The van der Waals surface area contributed by atoms with Gasteiger partial charge in [0.25, 0.3) is 0 Å². The molecule has 2 amide bonds. The van der Waals surface area contributed by atoms with Crippen LogP contribution in [0.3, 0.4) is 0 Å². The third-order valence-corrected chi connectivity index (χ3v) is 3.36. The van der Waals surface area contributed by atoms with Crippen molar-refractivity contribution in [2.75, 3.05) is 0 Å². The van der Waals surface area contributed by atoms with Crippen LogP contribution in [0, 0.1) is 0 Å². The first-order valence-electron chi connectivity index (χ1n) is 5.74. The molecule has 1 unspecified atom stereocenters. The molecule has 0 aliphatic carbocycles. The van der Waals surface area contributed by atoms with Gasteiger partial charge in [-0.15, -0.1) is 11.3 Å². The van der Waals surface area contributed by atoms with Crippen LogP contribution >= 0.6 is 11.3 Å². The van der Waals surface area contributed by atoms with Crippen LogP contribution in [0.15, 0.2) is 17.5 Å². The van der Waals surface area contributed by atoms with Crippen molar-refractivity contribution in [3.63, 3.8) is 0 Å². The summed E-state index contributed by atoms with van der Waals surface area (Å²) in [7, 11) is 0. The fraction of sp³-hybridized carbons (Fsp3) is 0.500. The first-order valence-corrected chi connectivity index (χ1v) is 6.62. The van der Waals surface area contributed by atoms with Gasteiger partial charge < -0.3 is 15.3 Å². The highest BCUT2D eigenvalue weighted by molar-refractivity contribution is 7.09. The SMILES string of the molecule is CC(NC(=O)N(Cc1cccs1)C(C)C)C(=O)O. The Kier molecular flexibility index (Phi) is 5.15. The Bertz CT molecular complexity index is 403. The summed E-state index contributed by atoms with van der Waals surface area (Å²) < 4.78 is 0. The lowest BCUT2D eigenvalue weighted by Gasteiger charge is -2.27. The van der Waals surface area contributed by atoms with E-state index in [0.717, 1.165) is 4.88 Å². The maximum Gasteiger partial charge on any atom is 0.325 e. The quantitative estimate of drug-likeness (QED) is 0.861. The molecule has 2 N–H and O–H groups in total. The summed E-state index contributed by atoms with van der Waals surface area (Å²) in [5, 5.41) is 13.2. The summed E-state index contributed by atoms with van der Waals surface area (Å²) in [6, 6.07) is 2.65. The topological polar surface area (TPSA) is 69.6 Å². The normalized spacial score (nSPS) is 12.2. The van der Waals surface area contributed by atoms with Crippen molar-refractivity contribution < 1.29 is 14.7 Å². The maximum absolute atomic E-state index is 12.0. The molecule has 0 radical (unpaired) electrons. The zero-order valence-corrected chi connectivity index (χ0v) is 11.5. The van der Waals surface area contributed by atoms with E-state index in [9.17, 15) is 9.59 Å². The molecule has 0 saturated heterocycles. The van der Waals surface area contributed by atoms with Gasteiger partial charge in [-0.1, -0.05) is 6.07 Å². The molecule has 0 fully saturated rings. The number of amides is 2.